The van der Waals surface area contributed by atoms with E-state index in [9.17, 15) is 9.59 Å². The first-order valence-electron chi connectivity index (χ1n) is 4.49. The minimum Gasteiger partial charge on any atom is -0.278 e. The van der Waals surface area contributed by atoms with Crippen LogP contribution < -0.4 is 0 Å². The minimum atomic E-state index is -0.216. The van der Waals surface area contributed by atoms with Crippen LogP contribution in [0.3, 0.4) is 0 Å². The second-order valence-corrected chi connectivity index (χ2v) is 4.04. The molecule has 0 radical (unpaired) electrons. The molecule has 0 saturated heterocycles. The summed E-state index contributed by atoms with van der Waals surface area (Å²) in [5.74, 6) is -0.396. The monoisotopic (exact) mass is 211 g/mol. The summed E-state index contributed by atoms with van der Waals surface area (Å²) in [6, 6.07) is 0. The standard InChI is InChI=1S/C10H10ClNO2/c1-12-9(13)7-4-2-6(11)3-5-8(7)10(12)14/h2,4,6H,3,5H2,1H3. The highest BCUT2D eigenvalue weighted by molar-refractivity contribution is 6.23. The van der Waals surface area contributed by atoms with E-state index >= 15 is 0 Å². The second-order valence-electron chi connectivity index (χ2n) is 3.48. The molecule has 1 unspecified atom stereocenters. The Kier molecular flexibility index (Phi) is 2.19. The van der Waals surface area contributed by atoms with Gasteiger partial charge in [-0.15, -0.1) is 11.6 Å². The second kappa shape index (κ2) is 3.24. The van der Waals surface area contributed by atoms with Gasteiger partial charge in [0.1, 0.15) is 0 Å². The Morgan fingerprint density at radius 3 is 2.86 bits per heavy atom. The van der Waals surface area contributed by atoms with Gasteiger partial charge in [0.25, 0.3) is 11.8 Å². The van der Waals surface area contributed by atoms with E-state index in [1.807, 2.05) is 0 Å². The third-order valence-electron chi connectivity index (χ3n) is 2.56. The SMILES string of the molecule is CN1C(=O)C2=C(CCC(Cl)C=C2)C1=O. The molecule has 1 aliphatic heterocycles. The van der Waals surface area contributed by atoms with Crippen LogP contribution in [0.2, 0.25) is 0 Å². The first-order chi connectivity index (χ1) is 6.61. The van der Waals surface area contributed by atoms with Gasteiger partial charge in [-0.2, -0.15) is 0 Å². The maximum absolute atomic E-state index is 11.6. The van der Waals surface area contributed by atoms with Crippen molar-refractivity contribution in [3.05, 3.63) is 23.3 Å². The van der Waals surface area contributed by atoms with Crippen molar-refractivity contribution in [2.45, 2.75) is 18.2 Å². The molecule has 0 fully saturated rings. The summed E-state index contributed by atoms with van der Waals surface area (Å²) in [5, 5.41) is -0.0773. The van der Waals surface area contributed by atoms with Gasteiger partial charge in [-0.1, -0.05) is 12.2 Å². The van der Waals surface area contributed by atoms with E-state index in [-0.39, 0.29) is 17.2 Å². The van der Waals surface area contributed by atoms with Crippen LogP contribution in [0.4, 0.5) is 0 Å². The Morgan fingerprint density at radius 1 is 1.43 bits per heavy atom. The summed E-state index contributed by atoms with van der Waals surface area (Å²) in [5.41, 5.74) is 1.12. The van der Waals surface area contributed by atoms with Crippen LogP contribution in [0.5, 0.6) is 0 Å². The largest absolute Gasteiger partial charge is 0.278 e. The molecule has 14 heavy (non-hydrogen) atoms. The molecule has 0 aromatic carbocycles. The lowest BCUT2D eigenvalue weighted by Gasteiger charge is -2.07. The number of imide groups is 1. The highest BCUT2D eigenvalue weighted by atomic mass is 35.5. The molecule has 0 bridgehead atoms. The average Bonchev–Trinajstić information content (AvgIpc) is 2.34. The van der Waals surface area contributed by atoms with Crippen molar-refractivity contribution >= 4 is 23.4 Å². The van der Waals surface area contributed by atoms with Crippen molar-refractivity contribution in [2.24, 2.45) is 0 Å². The fourth-order valence-corrected chi connectivity index (χ4v) is 1.89. The normalized spacial score (nSPS) is 27.0. The third kappa shape index (κ3) is 1.28. The average molecular weight is 212 g/mol. The zero-order valence-electron chi connectivity index (χ0n) is 7.79. The van der Waals surface area contributed by atoms with Gasteiger partial charge in [0.15, 0.2) is 0 Å². The van der Waals surface area contributed by atoms with Gasteiger partial charge in [-0.3, -0.25) is 14.5 Å². The summed E-state index contributed by atoms with van der Waals surface area (Å²) in [6.45, 7) is 0. The van der Waals surface area contributed by atoms with Crippen molar-refractivity contribution in [3.8, 4) is 0 Å². The maximum atomic E-state index is 11.6. The van der Waals surface area contributed by atoms with Crippen LogP contribution >= 0.6 is 11.6 Å². The molecule has 2 rings (SSSR count). The minimum absolute atomic E-state index is 0.0773. The lowest BCUT2D eigenvalue weighted by Crippen LogP contribution is -2.27. The Bertz CT molecular complexity index is 370. The summed E-state index contributed by atoms with van der Waals surface area (Å²) in [6.07, 6.45) is 4.74. The van der Waals surface area contributed by atoms with E-state index in [4.69, 9.17) is 11.6 Å². The molecule has 0 saturated carbocycles. The van der Waals surface area contributed by atoms with Crippen LogP contribution in [0.1, 0.15) is 12.8 Å². The van der Waals surface area contributed by atoms with Gasteiger partial charge < -0.3 is 0 Å². The Hall–Kier alpha value is -1.09. The number of amides is 2. The molecule has 2 aliphatic rings. The summed E-state index contributed by atoms with van der Waals surface area (Å²) in [4.78, 5) is 24.3. The highest BCUT2D eigenvalue weighted by Gasteiger charge is 2.34. The van der Waals surface area contributed by atoms with Crippen LogP contribution in [0, 0.1) is 0 Å². The molecule has 0 N–H and O–H groups in total. The Labute approximate surface area is 87.0 Å². The predicted octanol–water partition coefficient (Wildman–Crippen LogP) is 1.24. The number of allylic oxidation sites excluding steroid dienone is 1. The Morgan fingerprint density at radius 2 is 2.14 bits per heavy atom. The molecule has 4 heteroatoms. The fourth-order valence-electron chi connectivity index (χ4n) is 1.71. The summed E-state index contributed by atoms with van der Waals surface area (Å²) < 4.78 is 0. The smallest absolute Gasteiger partial charge is 0.260 e. The van der Waals surface area contributed by atoms with Gasteiger partial charge in [-0.05, 0) is 12.8 Å². The van der Waals surface area contributed by atoms with Gasteiger partial charge in [-0.25, -0.2) is 0 Å². The number of carbonyl (C=O) groups is 2. The van der Waals surface area contributed by atoms with E-state index < -0.39 is 0 Å². The molecular formula is C10H10ClNO2. The van der Waals surface area contributed by atoms with Crippen LogP contribution in [0.25, 0.3) is 0 Å². The number of hydrogen-bond acceptors (Lipinski definition) is 2. The van der Waals surface area contributed by atoms with Crippen molar-refractivity contribution in [1.29, 1.82) is 0 Å². The molecule has 1 heterocycles. The first kappa shape index (κ1) is 9.46. The lowest BCUT2D eigenvalue weighted by molar-refractivity contribution is -0.135. The van der Waals surface area contributed by atoms with Gasteiger partial charge in [0, 0.05) is 18.2 Å². The van der Waals surface area contributed by atoms with E-state index in [0.29, 0.717) is 24.0 Å². The molecule has 0 aromatic heterocycles. The lowest BCUT2D eigenvalue weighted by atomic mass is 10.1. The van der Waals surface area contributed by atoms with Gasteiger partial charge in [0.05, 0.1) is 5.38 Å². The number of rotatable bonds is 0. The van der Waals surface area contributed by atoms with E-state index in [1.54, 1.807) is 12.2 Å². The molecule has 0 spiro atoms. The molecule has 1 atom stereocenters. The molecule has 1 aliphatic carbocycles. The van der Waals surface area contributed by atoms with Crippen LogP contribution in [-0.2, 0) is 9.59 Å². The molecule has 2 amide bonds. The summed E-state index contributed by atoms with van der Waals surface area (Å²) in [7, 11) is 1.51. The Balaban J connectivity index is 2.41. The molecule has 3 nitrogen and oxygen atoms in total. The summed E-state index contributed by atoms with van der Waals surface area (Å²) >= 11 is 5.91. The van der Waals surface area contributed by atoms with Crippen molar-refractivity contribution < 1.29 is 9.59 Å². The number of hydrogen-bond donors (Lipinski definition) is 0. The topological polar surface area (TPSA) is 37.4 Å². The number of halogens is 1. The number of alkyl halides is 1. The number of nitrogens with zero attached hydrogens (tertiary/aromatic N) is 1. The van der Waals surface area contributed by atoms with Crippen LogP contribution in [0.15, 0.2) is 23.3 Å². The predicted molar refractivity (Wildman–Crippen MR) is 52.8 cm³/mol. The first-order valence-corrected chi connectivity index (χ1v) is 4.92. The van der Waals surface area contributed by atoms with Crippen molar-refractivity contribution in [2.75, 3.05) is 7.05 Å². The molecular weight excluding hydrogens is 202 g/mol. The number of likely N-dealkylation sites (N-methyl/N-ethyl adjacent to an activating group) is 1. The zero-order chi connectivity index (χ0) is 10.3. The van der Waals surface area contributed by atoms with Crippen LogP contribution in [-0.4, -0.2) is 29.1 Å². The van der Waals surface area contributed by atoms with Crippen molar-refractivity contribution in [3.63, 3.8) is 0 Å². The van der Waals surface area contributed by atoms with E-state index in [1.165, 1.54) is 7.05 Å². The fraction of sp³-hybridized carbons (Fsp3) is 0.400. The van der Waals surface area contributed by atoms with Gasteiger partial charge >= 0.3 is 0 Å². The molecule has 0 aromatic rings. The molecule has 74 valence electrons. The van der Waals surface area contributed by atoms with E-state index in [2.05, 4.69) is 0 Å². The van der Waals surface area contributed by atoms with E-state index in [0.717, 1.165) is 4.90 Å². The zero-order valence-corrected chi connectivity index (χ0v) is 8.54. The maximum Gasteiger partial charge on any atom is 0.260 e. The van der Waals surface area contributed by atoms with Gasteiger partial charge in [0.2, 0.25) is 0 Å². The van der Waals surface area contributed by atoms with Crippen molar-refractivity contribution in [1.82, 2.24) is 4.90 Å². The quantitative estimate of drug-likeness (QED) is 0.447. The highest BCUT2D eigenvalue weighted by Crippen LogP contribution is 2.28. The number of carbonyl (C=O) groups excluding carboxylic acids is 2. The third-order valence-corrected chi connectivity index (χ3v) is 2.93.